The summed E-state index contributed by atoms with van der Waals surface area (Å²) in [6, 6.07) is 0. The summed E-state index contributed by atoms with van der Waals surface area (Å²) in [6.45, 7) is 1.70. The predicted molar refractivity (Wildman–Crippen MR) is 91.0 cm³/mol. The third-order valence-corrected chi connectivity index (χ3v) is 3.06. The van der Waals surface area contributed by atoms with E-state index in [-0.39, 0.29) is 37.3 Å². The Hall–Kier alpha value is -1.64. The molecule has 2 N–H and O–H groups in total. The van der Waals surface area contributed by atoms with Crippen LogP contribution in [0.25, 0.3) is 11.2 Å². The molecule has 0 aliphatic carbocycles. The zero-order valence-corrected chi connectivity index (χ0v) is 14.4. The standard InChI is InChI=1S/C12H19N7O.2ClH/c1-13-4-5-18(2)9(20)6-19(3)12-10-11(15-7-14-10)16-8-17-12;;/h7-8,13H,4-6H2,1-3H3,(H,14,15,16,17);2*1H. The summed E-state index contributed by atoms with van der Waals surface area (Å²) >= 11 is 0. The second-order valence-corrected chi connectivity index (χ2v) is 4.57. The molecule has 0 fully saturated rings. The zero-order chi connectivity index (χ0) is 14.5. The van der Waals surface area contributed by atoms with E-state index in [2.05, 4.69) is 25.3 Å². The minimum Gasteiger partial charge on any atom is -0.348 e. The number of anilines is 1. The van der Waals surface area contributed by atoms with Crippen molar-refractivity contribution in [2.75, 3.05) is 45.7 Å². The molecule has 0 aliphatic rings. The van der Waals surface area contributed by atoms with Gasteiger partial charge in [-0.05, 0) is 7.05 Å². The van der Waals surface area contributed by atoms with Crippen molar-refractivity contribution >= 4 is 47.7 Å². The molecule has 2 aromatic rings. The van der Waals surface area contributed by atoms with Crippen LogP contribution in [0.3, 0.4) is 0 Å². The van der Waals surface area contributed by atoms with E-state index >= 15 is 0 Å². The fourth-order valence-electron chi connectivity index (χ4n) is 1.84. The first kappa shape index (κ1) is 20.4. The Morgan fingerprint density at radius 3 is 2.68 bits per heavy atom. The number of fused-ring (bicyclic) bond motifs is 1. The monoisotopic (exact) mass is 349 g/mol. The van der Waals surface area contributed by atoms with Crippen LogP contribution >= 0.6 is 24.8 Å². The summed E-state index contributed by atoms with van der Waals surface area (Å²) in [7, 11) is 5.48. The Bertz CT molecular complexity index is 592. The lowest BCUT2D eigenvalue weighted by molar-refractivity contribution is -0.128. The summed E-state index contributed by atoms with van der Waals surface area (Å²) in [5, 5.41) is 3.02. The van der Waals surface area contributed by atoms with E-state index in [9.17, 15) is 4.79 Å². The second kappa shape index (κ2) is 9.39. The summed E-state index contributed by atoms with van der Waals surface area (Å²) in [6.07, 6.45) is 3.02. The van der Waals surface area contributed by atoms with E-state index in [1.807, 2.05) is 14.1 Å². The molecular formula is C12H21Cl2N7O. The number of halogens is 2. The normalized spacial score (nSPS) is 9.77. The number of hydrogen-bond acceptors (Lipinski definition) is 6. The van der Waals surface area contributed by atoms with Crippen molar-refractivity contribution in [3.8, 4) is 0 Å². The number of amides is 1. The van der Waals surface area contributed by atoms with Crippen molar-refractivity contribution in [2.45, 2.75) is 0 Å². The third kappa shape index (κ3) is 4.69. The maximum absolute atomic E-state index is 12.1. The van der Waals surface area contributed by atoms with Crippen LogP contribution in [0.4, 0.5) is 5.82 Å². The molecule has 2 rings (SSSR count). The highest BCUT2D eigenvalue weighted by Crippen LogP contribution is 2.17. The number of rotatable bonds is 6. The van der Waals surface area contributed by atoms with Crippen molar-refractivity contribution in [1.82, 2.24) is 30.2 Å². The van der Waals surface area contributed by atoms with Crippen LogP contribution in [0.5, 0.6) is 0 Å². The zero-order valence-electron chi connectivity index (χ0n) is 12.7. The predicted octanol–water partition coefficient (Wildman–Crippen LogP) is 0.310. The van der Waals surface area contributed by atoms with Gasteiger partial charge in [-0.15, -0.1) is 24.8 Å². The number of imidazole rings is 1. The quantitative estimate of drug-likeness (QED) is 0.780. The summed E-state index contributed by atoms with van der Waals surface area (Å²) in [5.41, 5.74) is 1.33. The SMILES string of the molecule is CNCCN(C)C(=O)CN(C)c1ncnc2nc[nH]c12.Cl.Cl. The van der Waals surface area contributed by atoms with Crippen LogP contribution < -0.4 is 10.2 Å². The Balaban J connectivity index is 0.00000220. The van der Waals surface area contributed by atoms with Crippen LogP contribution in [0.2, 0.25) is 0 Å². The van der Waals surface area contributed by atoms with Gasteiger partial charge in [0.05, 0.1) is 12.9 Å². The first-order valence-corrected chi connectivity index (χ1v) is 6.37. The molecule has 124 valence electrons. The second-order valence-electron chi connectivity index (χ2n) is 4.57. The summed E-state index contributed by atoms with van der Waals surface area (Å²) < 4.78 is 0. The number of likely N-dealkylation sites (N-methyl/N-ethyl adjacent to an activating group) is 3. The van der Waals surface area contributed by atoms with Crippen molar-refractivity contribution in [3.63, 3.8) is 0 Å². The van der Waals surface area contributed by atoms with Crippen LogP contribution in [0, 0.1) is 0 Å². The van der Waals surface area contributed by atoms with Crippen molar-refractivity contribution in [1.29, 1.82) is 0 Å². The number of H-pyrrole nitrogens is 1. The smallest absolute Gasteiger partial charge is 0.241 e. The average molecular weight is 350 g/mol. The van der Waals surface area contributed by atoms with Gasteiger partial charge in [0.1, 0.15) is 11.8 Å². The first-order chi connectivity index (χ1) is 9.63. The minimum absolute atomic E-state index is 0. The van der Waals surface area contributed by atoms with Gasteiger partial charge in [0.2, 0.25) is 5.91 Å². The van der Waals surface area contributed by atoms with E-state index < -0.39 is 0 Å². The molecule has 0 unspecified atom stereocenters. The van der Waals surface area contributed by atoms with Crippen molar-refractivity contribution < 1.29 is 4.79 Å². The van der Waals surface area contributed by atoms with E-state index in [0.29, 0.717) is 18.0 Å². The third-order valence-electron chi connectivity index (χ3n) is 3.06. The number of aromatic amines is 1. The van der Waals surface area contributed by atoms with Gasteiger partial charge in [-0.25, -0.2) is 15.0 Å². The lowest BCUT2D eigenvalue weighted by Crippen LogP contribution is -2.39. The molecule has 0 saturated heterocycles. The van der Waals surface area contributed by atoms with Gasteiger partial charge in [0.15, 0.2) is 11.5 Å². The number of nitrogens with one attached hydrogen (secondary N) is 2. The molecule has 1 amide bonds. The highest BCUT2D eigenvalue weighted by Gasteiger charge is 2.15. The van der Waals surface area contributed by atoms with Crippen LogP contribution in [-0.4, -0.2) is 71.5 Å². The highest BCUT2D eigenvalue weighted by atomic mass is 35.5. The number of carbonyl (C=O) groups excluding carboxylic acids is 1. The van der Waals surface area contributed by atoms with Gasteiger partial charge in [0.25, 0.3) is 0 Å². The molecule has 0 aromatic carbocycles. The molecular weight excluding hydrogens is 329 g/mol. The maximum Gasteiger partial charge on any atom is 0.241 e. The number of hydrogen-bond donors (Lipinski definition) is 2. The lowest BCUT2D eigenvalue weighted by Gasteiger charge is -2.22. The Labute approximate surface area is 141 Å². The molecule has 2 heterocycles. The number of aromatic nitrogens is 4. The van der Waals surface area contributed by atoms with E-state index in [1.54, 1.807) is 23.2 Å². The highest BCUT2D eigenvalue weighted by molar-refractivity contribution is 5.87. The van der Waals surface area contributed by atoms with Gasteiger partial charge < -0.3 is 20.1 Å². The molecule has 0 bridgehead atoms. The Morgan fingerprint density at radius 2 is 2.00 bits per heavy atom. The molecule has 0 saturated carbocycles. The van der Waals surface area contributed by atoms with E-state index in [0.717, 1.165) is 12.1 Å². The van der Waals surface area contributed by atoms with Gasteiger partial charge in [-0.2, -0.15) is 0 Å². The molecule has 0 radical (unpaired) electrons. The molecule has 10 heteroatoms. The molecule has 8 nitrogen and oxygen atoms in total. The summed E-state index contributed by atoms with van der Waals surface area (Å²) in [5.74, 6) is 0.705. The lowest BCUT2D eigenvalue weighted by atomic mass is 10.4. The Morgan fingerprint density at radius 1 is 1.27 bits per heavy atom. The van der Waals surface area contributed by atoms with Crippen LogP contribution in [-0.2, 0) is 4.79 Å². The van der Waals surface area contributed by atoms with Crippen LogP contribution in [0.15, 0.2) is 12.7 Å². The van der Waals surface area contributed by atoms with E-state index in [4.69, 9.17) is 0 Å². The molecule has 0 spiro atoms. The van der Waals surface area contributed by atoms with Gasteiger partial charge in [0, 0.05) is 27.2 Å². The largest absolute Gasteiger partial charge is 0.348 e. The van der Waals surface area contributed by atoms with Gasteiger partial charge in [-0.1, -0.05) is 0 Å². The van der Waals surface area contributed by atoms with Gasteiger partial charge in [-0.3, -0.25) is 4.79 Å². The Kier molecular flexibility index (Phi) is 8.69. The van der Waals surface area contributed by atoms with Gasteiger partial charge >= 0.3 is 0 Å². The fourth-order valence-corrected chi connectivity index (χ4v) is 1.84. The first-order valence-electron chi connectivity index (χ1n) is 6.37. The number of nitrogens with zero attached hydrogens (tertiary/aromatic N) is 5. The van der Waals surface area contributed by atoms with Crippen molar-refractivity contribution in [3.05, 3.63) is 12.7 Å². The minimum atomic E-state index is 0. The maximum atomic E-state index is 12.1. The molecule has 22 heavy (non-hydrogen) atoms. The fraction of sp³-hybridized carbons (Fsp3) is 0.500. The van der Waals surface area contributed by atoms with E-state index in [1.165, 1.54) is 6.33 Å². The summed E-state index contributed by atoms with van der Waals surface area (Å²) in [4.78, 5) is 30.9. The number of carbonyl (C=O) groups is 1. The van der Waals surface area contributed by atoms with Crippen LogP contribution in [0.1, 0.15) is 0 Å². The molecule has 0 atom stereocenters. The van der Waals surface area contributed by atoms with Crippen molar-refractivity contribution in [2.24, 2.45) is 0 Å². The molecule has 2 aromatic heterocycles. The topological polar surface area (TPSA) is 90.0 Å². The average Bonchev–Trinajstić information content (AvgIpc) is 2.92. The molecule has 0 aliphatic heterocycles.